The molecular weight excluding hydrogens is 272 g/mol. The standard InChI is InChI=1S/C14H16N4O3/c1-4-15-13-10(3)14(17-8-16-13)21-12-7-11(18(19)20)6-5-9(12)2/h5-8H,4H2,1-3H3,(H,15,16,17). The molecule has 0 saturated heterocycles. The fraction of sp³-hybridized carbons (Fsp3) is 0.286. The molecule has 0 bridgehead atoms. The van der Waals surface area contributed by atoms with Crippen molar-refractivity contribution < 1.29 is 9.66 Å². The number of hydrogen-bond donors (Lipinski definition) is 1. The zero-order valence-electron chi connectivity index (χ0n) is 12.1. The highest BCUT2D eigenvalue weighted by atomic mass is 16.6. The third-order valence-electron chi connectivity index (χ3n) is 2.97. The Labute approximate surface area is 122 Å². The Balaban J connectivity index is 2.36. The lowest BCUT2D eigenvalue weighted by molar-refractivity contribution is -0.384. The summed E-state index contributed by atoms with van der Waals surface area (Å²) in [6.07, 6.45) is 1.40. The van der Waals surface area contributed by atoms with Gasteiger partial charge in [-0.1, -0.05) is 0 Å². The van der Waals surface area contributed by atoms with Crippen molar-refractivity contribution >= 4 is 11.5 Å². The molecule has 7 nitrogen and oxygen atoms in total. The number of nitro benzene ring substituents is 1. The first-order valence-corrected chi connectivity index (χ1v) is 6.51. The summed E-state index contributed by atoms with van der Waals surface area (Å²) in [4.78, 5) is 18.6. The van der Waals surface area contributed by atoms with Crippen molar-refractivity contribution in [1.29, 1.82) is 0 Å². The molecule has 0 aliphatic rings. The quantitative estimate of drug-likeness (QED) is 0.671. The lowest BCUT2D eigenvalue weighted by Crippen LogP contribution is -2.04. The number of ether oxygens (including phenoxy) is 1. The summed E-state index contributed by atoms with van der Waals surface area (Å²) >= 11 is 0. The van der Waals surface area contributed by atoms with E-state index in [9.17, 15) is 10.1 Å². The number of benzene rings is 1. The first-order valence-electron chi connectivity index (χ1n) is 6.51. The zero-order valence-corrected chi connectivity index (χ0v) is 12.1. The number of aromatic nitrogens is 2. The summed E-state index contributed by atoms with van der Waals surface area (Å²) in [5, 5.41) is 13.9. The van der Waals surface area contributed by atoms with Gasteiger partial charge in [-0.05, 0) is 32.4 Å². The summed E-state index contributed by atoms with van der Waals surface area (Å²) in [7, 11) is 0. The molecule has 1 N–H and O–H groups in total. The largest absolute Gasteiger partial charge is 0.438 e. The number of nitrogens with one attached hydrogen (secondary N) is 1. The molecule has 0 spiro atoms. The molecule has 1 heterocycles. The summed E-state index contributed by atoms with van der Waals surface area (Å²) in [6.45, 7) is 6.35. The topological polar surface area (TPSA) is 90.2 Å². The van der Waals surface area contributed by atoms with Crippen molar-refractivity contribution in [3.63, 3.8) is 0 Å². The van der Waals surface area contributed by atoms with Gasteiger partial charge in [0.2, 0.25) is 5.88 Å². The molecule has 7 heteroatoms. The zero-order chi connectivity index (χ0) is 15.4. The smallest absolute Gasteiger partial charge is 0.273 e. The van der Waals surface area contributed by atoms with E-state index in [0.29, 0.717) is 17.4 Å². The number of hydrogen-bond acceptors (Lipinski definition) is 6. The van der Waals surface area contributed by atoms with Crippen LogP contribution in [0.15, 0.2) is 24.5 Å². The van der Waals surface area contributed by atoms with Gasteiger partial charge >= 0.3 is 0 Å². The maximum Gasteiger partial charge on any atom is 0.273 e. The average molecular weight is 288 g/mol. The van der Waals surface area contributed by atoms with Gasteiger partial charge in [0.15, 0.2) is 0 Å². The molecule has 0 fully saturated rings. The molecule has 1 aromatic carbocycles. The first-order chi connectivity index (χ1) is 10.0. The van der Waals surface area contributed by atoms with E-state index in [1.165, 1.54) is 18.5 Å². The molecule has 0 unspecified atom stereocenters. The van der Waals surface area contributed by atoms with Crippen molar-refractivity contribution in [2.24, 2.45) is 0 Å². The van der Waals surface area contributed by atoms with Gasteiger partial charge in [-0.3, -0.25) is 10.1 Å². The SMILES string of the molecule is CCNc1ncnc(Oc2cc([N+](=O)[O-])ccc2C)c1C. The summed E-state index contributed by atoms with van der Waals surface area (Å²) in [6, 6.07) is 4.48. The minimum absolute atomic E-state index is 0.0192. The van der Waals surface area contributed by atoms with Crippen LogP contribution in [-0.4, -0.2) is 21.4 Å². The van der Waals surface area contributed by atoms with Crippen molar-refractivity contribution in [2.45, 2.75) is 20.8 Å². The maximum absolute atomic E-state index is 10.8. The molecule has 0 radical (unpaired) electrons. The van der Waals surface area contributed by atoms with Gasteiger partial charge in [-0.2, -0.15) is 0 Å². The van der Waals surface area contributed by atoms with E-state index in [-0.39, 0.29) is 5.69 Å². The number of aryl methyl sites for hydroxylation is 1. The van der Waals surface area contributed by atoms with Crippen LogP contribution >= 0.6 is 0 Å². The van der Waals surface area contributed by atoms with E-state index < -0.39 is 4.92 Å². The number of rotatable bonds is 5. The molecule has 2 rings (SSSR count). The van der Waals surface area contributed by atoms with E-state index in [0.717, 1.165) is 17.7 Å². The predicted octanol–water partition coefficient (Wildman–Crippen LogP) is 3.23. The molecule has 0 aliphatic carbocycles. The Morgan fingerprint density at radius 3 is 2.76 bits per heavy atom. The second-order valence-electron chi connectivity index (χ2n) is 4.49. The van der Waals surface area contributed by atoms with Crippen LogP contribution in [0.5, 0.6) is 11.6 Å². The van der Waals surface area contributed by atoms with Crippen molar-refractivity contribution in [1.82, 2.24) is 9.97 Å². The van der Waals surface area contributed by atoms with Crippen LogP contribution in [0.25, 0.3) is 0 Å². The fourth-order valence-electron chi connectivity index (χ4n) is 1.80. The summed E-state index contributed by atoms with van der Waals surface area (Å²) in [5.74, 6) is 1.48. The Kier molecular flexibility index (Phi) is 4.32. The first kappa shape index (κ1) is 14.7. The Hall–Kier alpha value is -2.70. The van der Waals surface area contributed by atoms with Crippen LogP contribution in [0.2, 0.25) is 0 Å². The molecule has 0 amide bonds. The molecule has 1 aromatic heterocycles. The van der Waals surface area contributed by atoms with Crippen molar-refractivity contribution in [3.05, 3.63) is 45.8 Å². The van der Waals surface area contributed by atoms with E-state index in [2.05, 4.69) is 15.3 Å². The van der Waals surface area contributed by atoms with Gasteiger partial charge in [-0.25, -0.2) is 9.97 Å². The van der Waals surface area contributed by atoms with Crippen molar-refractivity contribution in [3.8, 4) is 11.6 Å². The van der Waals surface area contributed by atoms with Gasteiger partial charge in [-0.15, -0.1) is 0 Å². The van der Waals surface area contributed by atoms with E-state index >= 15 is 0 Å². The number of anilines is 1. The van der Waals surface area contributed by atoms with Gasteiger partial charge < -0.3 is 10.1 Å². The highest BCUT2D eigenvalue weighted by Crippen LogP contribution is 2.30. The van der Waals surface area contributed by atoms with E-state index in [4.69, 9.17) is 4.74 Å². The third-order valence-corrected chi connectivity index (χ3v) is 2.97. The summed E-state index contributed by atoms with van der Waals surface area (Å²) in [5.41, 5.74) is 1.53. The number of nitro groups is 1. The Bertz CT molecular complexity index is 673. The number of nitrogens with zero attached hydrogens (tertiary/aromatic N) is 3. The van der Waals surface area contributed by atoms with E-state index in [1.807, 2.05) is 20.8 Å². The highest BCUT2D eigenvalue weighted by Gasteiger charge is 2.13. The lowest BCUT2D eigenvalue weighted by Gasteiger charge is -2.12. The molecule has 0 atom stereocenters. The van der Waals surface area contributed by atoms with Crippen LogP contribution in [-0.2, 0) is 0 Å². The fourth-order valence-corrected chi connectivity index (χ4v) is 1.80. The molecule has 0 saturated carbocycles. The van der Waals surface area contributed by atoms with Gasteiger partial charge in [0.25, 0.3) is 5.69 Å². The van der Waals surface area contributed by atoms with Crippen LogP contribution < -0.4 is 10.1 Å². The molecule has 110 valence electrons. The van der Waals surface area contributed by atoms with Crippen molar-refractivity contribution in [2.75, 3.05) is 11.9 Å². The van der Waals surface area contributed by atoms with E-state index in [1.54, 1.807) is 6.07 Å². The molecular formula is C14H16N4O3. The molecule has 0 aliphatic heterocycles. The minimum Gasteiger partial charge on any atom is -0.438 e. The van der Waals surface area contributed by atoms with Gasteiger partial charge in [0.05, 0.1) is 16.6 Å². The lowest BCUT2D eigenvalue weighted by atomic mass is 10.2. The van der Waals surface area contributed by atoms with Gasteiger partial charge in [0.1, 0.15) is 17.9 Å². The molecule has 2 aromatic rings. The predicted molar refractivity (Wildman–Crippen MR) is 78.8 cm³/mol. The Morgan fingerprint density at radius 1 is 1.33 bits per heavy atom. The average Bonchev–Trinajstić information content (AvgIpc) is 2.45. The molecule has 21 heavy (non-hydrogen) atoms. The van der Waals surface area contributed by atoms with Crippen LogP contribution in [0.3, 0.4) is 0 Å². The second kappa shape index (κ2) is 6.17. The highest BCUT2D eigenvalue weighted by molar-refractivity contribution is 5.50. The Morgan fingerprint density at radius 2 is 2.10 bits per heavy atom. The van der Waals surface area contributed by atoms with Crippen LogP contribution in [0.4, 0.5) is 11.5 Å². The monoisotopic (exact) mass is 288 g/mol. The maximum atomic E-state index is 10.8. The minimum atomic E-state index is -0.455. The number of non-ortho nitro benzene ring substituents is 1. The second-order valence-corrected chi connectivity index (χ2v) is 4.49. The van der Waals surface area contributed by atoms with Crippen LogP contribution in [0, 0.1) is 24.0 Å². The van der Waals surface area contributed by atoms with Crippen LogP contribution in [0.1, 0.15) is 18.1 Å². The third kappa shape index (κ3) is 3.25. The van der Waals surface area contributed by atoms with Gasteiger partial charge in [0, 0.05) is 12.6 Å². The normalized spacial score (nSPS) is 10.2. The summed E-state index contributed by atoms with van der Waals surface area (Å²) < 4.78 is 5.72.